The van der Waals surface area contributed by atoms with Crippen molar-refractivity contribution in [3.8, 4) is 0 Å². The zero-order valence-electron chi connectivity index (χ0n) is 9.29. The van der Waals surface area contributed by atoms with Crippen molar-refractivity contribution in [1.82, 2.24) is 0 Å². The first-order valence-electron chi connectivity index (χ1n) is 5.43. The predicted molar refractivity (Wildman–Crippen MR) is 63.8 cm³/mol. The van der Waals surface area contributed by atoms with Crippen LogP contribution in [0.5, 0.6) is 0 Å². The molecule has 0 radical (unpaired) electrons. The van der Waals surface area contributed by atoms with Gasteiger partial charge in [-0.3, -0.25) is 0 Å². The van der Waals surface area contributed by atoms with E-state index in [0.717, 1.165) is 12.8 Å². The number of aliphatic hydroxyl groups is 1. The van der Waals surface area contributed by atoms with Crippen molar-refractivity contribution in [2.75, 3.05) is 6.54 Å². The molecule has 0 spiro atoms. The minimum absolute atomic E-state index is 0.110. The first-order chi connectivity index (χ1) is 7.60. The van der Waals surface area contributed by atoms with Gasteiger partial charge in [0.2, 0.25) is 0 Å². The minimum atomic E-state index is -0.859. The van der Waals surface area contributed by atoms with Crippen LogP contribution in [0.25, 0.3) is 0 Å². The number of benzene rings is 1. The number of hydrogen-bond acceptors (Lipinski definition) is 2. The third-order valence-electron chi connectivity index (χ3n) is 2.69. The van der Waals surface area contributed by atoms with Crippen LogP contribution in [0.1, 0.15) is 31.4 Å². The number of halogens is 2. The quantitative estimate of drug-likeness (QED) is 0.838. The van der Waals surface area contributed by atoms with Crippen molar-refractivity contribution in [2.45, 2.75) is 25.9 Å². The molecule has 0 aliphatic heterocycles. The summed E-state index contributed by atoms with van der Waals surface area (Å²) in [6.07, 6.45) is 0.829. The van der Waals surface area contributed by atoms with Crippen molar-refractivity contribution in [3.05, 3.63) is 34.6 Å². The molecule has 90 valence electrons. The van der Waals surface area contributed by atoms with Gasteiger partial charge in [0.15, 0.2) is 0 Å². The van der Waals surface area contributed by atoms with Gasteiger partial charge in [-0.05, 0) is 25.1 Å². The van der Waals surface area contributed by atoms with Gasteiger partial charge < -0.3 is 10.8 Å². The van der Waals surface area contributed by atoms with Crippen LogP contribution in [0.4, 0.5) is 4.39 Å². The molecule has 0 heterocycles. The smallest absolute Gasteiger partial charge is 0.130 e. The Balaban J connectivity index is 2.89. The third-order valence-corrected chi connectivity index (χ3v) is 2.92. The van der Waals surface area contributed by atoms with Crippen LogP contribution in [0.2, 0.25) is 5.02 Å². The molecule has 1 aromatic carbocycles. The van der Waals surface area contributed by atoms with E-state index in [1.54, 1.807) is 6.07 Å². The van der Waals surface area contributed by atoms with Crippen LogP contribution in [0, 0.1) is 11.7 Å². The first kappa shape index (κ1) is 13.4. The Morgan fingerprint density at radius 3 is 2.69 bits per heavy atom. The number of rotatable bonds is 5. The lowest BCUT2D eigenvalue weighted by Crippen LogP contribution is -2.22. The van der Waals surface area contributed by atoms with Crippen LogP contribution in [-0.4, -0.2) is 11.7 Å². The average Bonchev–Trinajstić information content (AvgIpc) is 2.25. The van der Waals surface area contributed by atoms with Crippen LogP contribution in [-0.2, 0) is 0 Å². The molecule has 0 aliphatic carbocycles. The molecule has 3 N–H and O–H groups in total. The Morgan fingerprint density at radius 2 is 2.19 bits per heavy atom. The molecule has 0 amide bonds. The average molecular weight is 246 g/mol. The molecule has 0 saturated heterocycles. The molecule has 16 heavy (non-hydrogen) atoms. The monoisotopic (exact) mass is 245 g/mol. The van der Waals surface area contributed by atoms with E-state index in [1.807, 2.05) is 6.92 Å². The van der Waals surface area contributed by atoms with Crippen LogP contribution < -0.4 is 5.73 Å². The predicted octanol–water partition coefficient (Wildman–Crippen LogP) is 2.89. The molecule has 2 atom stereocenters. The van der Waals surface area contributed by atoms with Gasteiger partial charge in [0.25, 0.3) is 0 Å². The molecule has 1 rings (SSSR count). The van der Waals surface area contributed by atoms with E-state index in [2.05, 4.69) is 0 Å². The summed E-state index contributed by atoms with van der Waals surface area (Å²) >= 11 is 5.65. The fraction of sp³-hybridized carbons (Fsp3) is 0.500. The minimum Gasteiger partial charge on any atom is -0.388 e. The second kappa shape index (κ2) is 6.18. The maximum atomic E-state index is 13.6. The lowest BCUT2D eigenvalue weighted by atomic mass is 9.92. The molecule has 0 aromatic heterocycles. The maximum absolute atomic E-state index is 13.6. The Hall–Kier alpha value is -0.640. The zero-order valence-corrected chi connectivity index (χ0v) is 10.0. The summed E-state index contributed by atoms with van der Waals surface area (Å²) in [5.41, 5.74) is 5.84. The van der Waals surface area contributed by atoms with Crippen molar-refractivity contribution in [1.29, 1.82) is 0 Å². The summed E-state index contributed by atoms with van der Waals surface area (Å²) < 4.78 is 13.6. The van der Waals surface area contributed by atoms with Crippen molar-refractivity contribution in [3.63, 3.8) is 0 Å². The Kier molecular flexibility index (Phi) is 5.19. The molecule has 0 bridgehead atoms. The molecule has 4 heteroatoms. The number of nitrogens with two attached hydrogens (primary N) is 1. The Morgan fingerprint density at radius 1 is 1.50 bits per heavy atom. The van der Waals surface area contributed by atoms with Crippen molar-refractivity contribution >= 4 is 11.6 Å². The van der Waals surface area contributed by atoms with Gasteiger partial charge in [-0.15, -0.1) is 0 Å². The van der Waals surface area contributed by atoms with Gasteiger partial charge in [-0.25, -0.2) is 4.39 Å². The van der Waals surface area contributed by atoms with Gasteiger partial charge in [-0.1, -0.05) is 31.0 Å². The maximum Gasteiger partial charge on any atom is 0.130 e. The lowest BCUT2D eigenvalue weighted by Gasteiger charge is -2.21. The molecular weight excluding hydrogens is 229 g/mol. The lowest BCUT2D eigenvalue weighted by molar-refractivity contribution is 0.103. The standard InChI is InChI=1S/C12H17ClFNO/c1-2-3-8(7-15)12(16)10-5-4-9(13)6-11(10)14/h4-6,8,12,16H,2-3,7,15H2,1H3. The first-order valence-corrected chi connectivity index (χ1v) is 5.81. The third kappa shape index (κ3) is 3.17. The second-order valence-corrected chi connectivity index (χ2v) is 4.33. The Bertz CT molecular complexity index is 346. The van der Waals surface area contributed by atoms with Gasteiger partial charge in [0, 0.05) is 16.5 Å². The Labute approximate surface area is 100 Å². The van der Waals surface area contributed by atoms with Crippen LogP contribution in [0.3, 0.4) is 0 Å². The van der Waals surface area contributed by atoms with Crippen LogP contribution in [0.15, 0.2) is 18.2 Å². The molecule has 0 saturated carbocycles. The van der Waals surface area contributed by atoms with Gasteiger partial charge in [0.05, 0.1) is 6.10 Å². The second-order valence-electron chi connectivity index (χ2n) is 3.90. The molecule has 2 unspecified atom stereocenters. The topological polar surface area (TPSA) is 46.2 Å². The highest BCUT2D eigenvalue weighted by atomic mass is 35.5. The van der Waals surface area contributed by atoms with E-state index in [-0.39, 0.29) is 11.5 Å². The summed E-state index contributed by atoms with van der Waals surface area (Å²) in [6.45, 7) is 2.35. The summed E-state index contributed by atoms with van der Waals surface area (Å²) in [5, 5.41) is 10.3. The molecule has 0 aliphatic rings. The number of aliphatic hydroxyl groups excluding tert-OH is 1. The van der Waals surface area contributed by atoms with Crippen molar-refractivity contribution < 1.29 is 9.50 Å². The molecular formula is C12H17ClFNO. The van der Waals surface area contributed by atoms with E-state index in [0.29, 0.717) is 11.6 Å². The largest absolute Gasteiger partial charge is 0.388 e. The van der Waals surface area contributed by atoms with Crippen LogP contribution >= 0.6 is 11.6 Å². The fourth-order valence-corrected chi connectivity index (χ4v) is 1.93. The van der Waals surface area contributed by atoms with E-state index < -0.39 is 11.9 Å². The SMILES string of the molecule is CCCC(CN)C(O)c1ccc(Cl)cc1F. The number of hydrogen-bond donors (Lipinski definition) is 2. The molecule has 0 fully saturated rings. The summed E-state index contributed by atoms with van der Waals surface area (Å²) in [7, 11) is 0. The van der Waals surface area contributed by atoms with Gasteiger partial charge in [0.1, 0.15) is 5.82 Å². The van der Waals surface area contributed by atoms with Gasteiger partial charge >= 0.3 is 0 Å². The fourth-order valence-electron chi connectivity index (χ4n) is 1.77. The molecule has 1 aromatic rings. The summed E-state index contributed by atoms with van der Waals surface area (Å²) in [5.74, 6) is -0.588. The zero-order chi connectivity index (χ0) is 12.1. The molecule has 2 nitrogen and oxygen atoms in total. The van der Waals surface area contributed by atoms with Crippen molar-refractivity contribution in [2.24, 2.45) is 11.7 Å². The normalized spacial score (nSPS) is 14.8. The van der Waals surface area contributed by atoms with E-state index >= 15 is 0 Å². The van der Waals surface area contributed by atoms with E-state index in [9.17, 15) is 9.50 Å². The highest BCUT2D eigenvalue weighted by molar-refractivity contribution is 6.30. The van der Waals surface area contributed by atoms with Gasteiger partial charge in [-0.2, -0.15) is 0 Å². The highest BCUT2D eigenvalue weighted by Crippen LogP contribution is 2.28. The summed E-state index contributed by atoms with van der Waals surface area (Å²) in [6, 6.07) is 4.29. The van der Waals surface area contributed by atoms with E-state index in [4.69, 9.17) is 17.3 Å². The highest BCUT2D eigenvalue weighted by Gasteiger charge is 2.21. The van der Waals surface area contributed by atoms with E-state index in [1.165, 1.54) is 12.1 Å². The summed E-state index contributed by atoms with van der Waals surface area (Å²) in [4.78, 5) is 0.